The maximum atomic E-state index is 11.4. The average Bonchev–Trinajstić information content (AvgIpc) is 2.50. The Morgan fingerprint density at radius 3 is 2.73 bits per heavy atom. The van der Waals surface area contributed by atoms with Gasteiger partial charge in [-0.05, 0) is 24.2 Å². The first-order valence-corrected chi connectivity index (χ1v) is 5.56. The molecular weight excluding hydrogens is 192 g/mol. The molecule has 1 rings (SSSR count). The van der Waals surface area contributed by atoms with E-state index in [4.69, 9.17) is 5.11 Å². The predicted molar refractivity (Wildman–Crippen MR) is 59.4 cm³/mol. The minimum atomic E-state index is -0.279. The van der Waals surface area contributed by atoms with E-state index in [-0.39, 0.29) is 12.8 Å². The van der Waals surface area contributed by atoms with Gasteiger partial charge in [0.25, 0.3) is 0 Å². The third-order valence-electron chi connectivity index (χ3n) is 2.70. The molecule has 1 saturated heterocycles. The van der Waals surface area contributed by atoms with E-state index in [0.717, 1.165) is 25.9 Å². The average molecular weight is 214 g/mol. The second kappa shape index (κ2) is 4.84. The zero-order valence-electron chi connectivity index (χ0n) is 9.92. The molecule has 15 heavy (non-hydrogen) atoms. The van der Waals surface area contributed by atoms with E-state index < -0.39 is 0 Å². The summed E-state index contributed by atoms with van der Waals surface area (Å²) in [7, 11) is 0. The number of hydrogen-bond donors (Lipinski definition) is 2. The van der Waals surface area contributed by atoms with Crippen molar-refractivity contribution < 1.29 is 9.90 Å². The van der Waals surface area contributed by atoms with Gasteiger partial charge in [0.1, 0.15) is 6.73 Å². The molecule has 0 aliphatic carbocycles. The van der Waals surface area contributed by atoms with Crippen LogP contribution in [0.25, 0.3) is 0 Å². The number of hydrogen-bond acceptors (Lipinski definition) is 2. The molecule has 1 atom stereocenters. The van der Waals surface area contributed by atoms with Crippen LogP contribution in [0.15, 0.2) is 0 Å². The first-order valence-electron chi connectivity index (χ1n) is 5.56. The van der Waals surface area contributed by atoms with E-state index in [1.807, 2.05) is 0 Å². The number of nitrogens with one attached hydrogen (secondary N) is 1. The van der Waals surface area contributed by atoms with E-state index in [1.165, 1.54) is 0 Å². The zero-order chi connectivity index (χ0) is 11.5. The third kappa shape index (κ3) is 4.08. The summed E-state index contributed by atoms with van der Waals surface area (Å²) in [5, 5.41) is 11.0. The maximum absolute atomic E-state index is 11.4. The minimum absolute atomic E-state index is 0.145. The van der Waals surface area contributed by atoms with Gasteiger partial charge >= 0.3 is 6.03 Å². The van der Waals surface area contributed by atoms with Gasteiger partial charge in [-0.3, -0.25) is 0 Å². The van der Waals surface area contributed by atoms with Gasteiger partial charge in [0.15, 0.2) is 0 Å². The topological polar surface area (TPSA) is 52.6 Å². The monoisotopic (exact) mass is 214 g/mol. The van der Waals surface area contributed by atoms with Crippen LogP contribution in [0.3, 0.4) is 0 Å². The van der Waals surface area contributed by atoms with Gasteiger partial charge in [0, 0.05) is 13.1 Å². The molecule has 2 amide bonds. The molecule has 1 aliphatic heterocycles. The SMILES string of the molecule is CC(C)(C)CC1CCN(C(=O)NCO)C1. The van der Waals surface area contributed by atoms with Crippen LogP contribution in [0.2, 0.25) is 0 Å². The predicted octanol–water partition coefficient (Wildman–Crippen LogP) is 1.40. The van der Waals surface area contributed by atoms with Gasteiger partial charge in [-0.25, -0.2) is 4.79 Å². The summed E-state index contributed by atoms with van der Waals surface area (Å²) in [5.74, 6) is 0.606. The number of aliphatic hydroxyl groups excluding tert-OH is 1. The van der Waals surface area contributed by atoms with E-state index in [2.05, 4.69) is 26.1 Å². The highest BCUT2D eigenvalue weighted by molar-refractivity contribution is 5.74. The molecule has 1 heterocycles. The first kappa shape index (κ1) is 12.3. The van der Waals surface area contributed by atoms with E-state index >= 15 is 0 Å². The Hall–Kier alpha value is -0.770. The van der Waals surface area contributed by atoms with Crippen LogP contribution in [0, 0.1) is 11.3 Å². The molecular formula is C11H22N2O2. The van der Waals surface area contributed by atoms with Gasteiger partial charge < -0.3 is 15.3 Å². The Labute approximate surface area is 91.6 Å². The van der Waals surface area contributed by atoms with Crippen LogP contribution in [-0.2, 0) is 0 Å². The fourth-order valence-electron chi connectivity index (χ4n) is 2.23. The Balaban J connectivity index is 2.36. The highest BCUT2D eigenvalue weighted by Gasteiger charge is 2.28. The normalized spacial score (nSPS) is 21.9. The quantitative estimate of drug-likeness (QED) is 0.683. The Morgan fingerprint density at radius 2 is 2.20 bits per heavy atom. The standard InChI is InChI=1S/C11H22N2O2/c1-11(2,3)6-9-4-5-13(7-9)10(15)12-8-14/h9,14H,4-8H2,1-3H3,(H,12,15). The van der Waals surface area contributed by atoms with Crippen molar-refractivity contribution >= 4 is 6.03 Å². The number of amides is 2. The highest BCUT2D eigenvalue weighted by Crippen LogP contribution is 2.30. The molecule has 4 heteroatoms. The van der Waals surface area contributed by atoms with Crippen molar-refractivity contribution in [3.63, 3.8) is 0 Å². The number of rotatable bonds is 2. The molecule has 0 radical (unpaired) electrons. The van der Waals surface area contributed by atoms with Gasteiger partial charge in [0.2, 0.25) is 0 Å². The second-order valence-electron chi connectivity index (χ2n) is 5.51. The summed E-state index contributed by atoms with van der Waals surface area (Å²) in [6.45, 7) is 8.03. The van der Waals surface area contributed by atoms with Crippen molar-refractivity contribution in [2.24, 2.45) is 11.3 Å². The molecule has 0 saturated carbocycles. The molecule has 2 N–H and O–H groups in total. The lowest BCUT2D eigenvalue weighted by Crippen LogP contribution is -2.38. The summed E-state index contributed by atoms with van der Waals surface area (Å²) in [5.41, 5.74) is 0.328. The third-order valence-corrected chi connectivity index (χ3v) is 2.70. The molecule has 4 nitrogen and oxygen atoms in total. The van der Waals surface area contributed by atoms with Crippen molar-refractivity contribution in [2.45, 2.75) is 33.6 Å². The highest BCUT2D eigenvalue weighted by atomic mass is 16.3. The summed E-state index contributed by atoms with van der Waals surface area (Å²) in [4.78, 5) is 13.2. The van der Waals surface area contributed by atoms with E-state index in [0.29, 0.717) is 11.3 Å². The van der Waals surface area contributed by atoms with Crippen LogP contribution in [0.5, 0.6) is 0 Å². The lowest BCUT2D eigenvalue weighted by molar-refractivity contribution is 0.186. The number of aliphatic hydroxyl groups is 1. The number of carbonyl (C=O) groups excluding carboxylic acids is 1. The van der Waals surface area contributed by atoms with Crippen LogP contribution in [-0.4, -0.2) is 35.9 Å². The molecule has 0 bridgehead atoms. The first-order chi connectivity index (χ1) is 6.92. The van der Waals surface area contributed by atoms with Crippen molar-refractivity contribution in [2.75, 3.05) is 19.8 Å². The van der Waals surface area contributed by atoms with Gasteiger partial charge in [-0.2, -0.15) is 0 Å². The largest absolute Gasteiger partial charge is 0.376 e. The Kier molecular flexibility index (Phi) is 3.97. The van der Waals surface area contributed by atoms with Crippen molar-refractivity contribution in [1.29, 1.82) is 0 Å². The lowest BCUT2D eigenvalue weighted by Gasteiger charge is -2.23. The maximum Gasteiger partial charge on any atom is 0.319 e. The summed E-state index contributed by atoms with van der Waals surface area (Å²) in [6, 6.07) is -0.145. The molecule has 88 valence electrons. The fraction of sp³-hybridized carbons (Fsp3) is 0.909. The summed E-state index contributed by atoms with van der Waals surface area (Å²) in [6.07, 6.45) is 2.23. The van der Waals surface area contributed by atoms with Crippen LogP contribution in [0.4, 0.5) is 4.79 Å². The lowest BCUT2D eigenvalue weighted by atomic mass is 9.84. The number of likely N-dealkylation sites (tertiary alicyclic amines) is 1. The molecule has 1 unspecified atom stereocenters. The molecule has 0 aromatic heterocycles. The van der Waals surface area contributed by atoms with E-state index in [9.17, 15) is 4.79 Å². The van der Waals surface area contributed by atoms with Gasteiger partial charge in [0.05, 0.1) is 0 Å². The number of nitrogens with zero attached hydrogens (tertiary/aromatic N) is 1. The van der Waals surface area contributed by atoms with Crippen LogP contribution in [0.1, 0.15) is 33.6 Å². The minimum Gasteiger partial charge on any atom is -0.376 e. The van der Waals surface area contributed by atoms with Crippen molar-refractivity contribution in [3.05, 3.63) is 0 Å². The molecule has 1 fully saturated rings. The fourth-order valence-corrected chi connectivity index (χ4v) is 2.23. The Morgan fingerprint density at radius 1 is 1.53 bits per heavy atom. The van der Waals surface area contributed by atoms with Gasteiger partial charge in [-0.1, -0.05) is 20.8 Å². The summed E-state index contributed by atoms with van der Waals surface area (Å²) < 4.78 is 0. The van der Waals surface area contributed by atoms with Gasteiger partial charge in [-0.15, -0.1) is 0 Å². The Bertz CT molecular complexity index is 223. The van der Waals surface area contributed by atoms with Crippen molar-refractivity contribution in [1.82, 2.24) is 10.2 Å². The smallest absolute Gasteiger partial charge is 0.319 e. The summed E-state index contributed by atoms with van der Waals surface area (Å²) >= 11 is 0. The van der Waals surface area contributed by atoms with Crippen LogP contribution >= 0.6 is 0 Å². The molecule has 0 spiro atoms. The van der Waals surface area contributed by atoms with Crippen molar-refractivity contribution in [3.8, 4) is 0 Å². The molecule has 0 aromatic carbocycles. The van der Waals surface area contributed by atoms with Crippen LogP contribution < -0.4 is 5.32 Å². The number of carbonyl (C=O) groups is 1. The zero-order valence-corrected chi connectivity index (χ0v) is 9.92. The van der Waals surface area contributed by atoms with E-state index in [1.54, 1.807) is 4.90 Å². The second-order valence-corrected chi connectivity index (χ2v) is 5.51. The number of urea groups is 1. The molecule has 0 aromatic rings. The molecule has 1 aliphatic rings.